The van der Waals surface area contributed by atoms with Gasteiger partial charge >= 0.3 is 0 Å². The fraction of sp³-hybridized carbons (Fsp3) is 1.00. The molecule has 1 aliphatic carbocycles. The molecule has 1 rings (SSSR count). The largest absolute Gasteiger partial charge is 0.255 e. The van der Waals surface area contributed by atoms with E-state index in [1.807, 2.05) is 0 Å². The minimum atomic E-state index is -2.37. The second kappa shape index (κ2) is 1.66. The van der Waals surface area contributed by atoms with Crippen molar-refractivity contribution in [2.45, 2.75) is 12.8 Å². The third kappa shape index (κ3) is 0.677. The first-order valence-corrected chi connectivity index (χ1v) is 3.66. The van der Waals surface area contributed by atoms with E-state index in [-0.39, 0.29) is 0 Å². The zero-order chi connectivity index (χ0) is 6.36. The molecule has 2 atom stereocenters. The molecule has 0 amide bonds. The lowest BCUT2D eigenvalue weighted by atomic mass is 10.4. The SMILES string of the molecule is C[C@@H]1[C@@H](CBr)C1(F)F. The normalized spacial score (nSPS) is 42.0. The highest BCUT2D eigenvalue weighted by molar-refractivity contribution is 9.09. The molecule has 1 aliphatic rings. The first kappa shape index (κ1) is 6.46. The molecule has 0 aliphatic heterocycles. The van der Waals surface area contributed by atoms with Gasteiger partial charge in [-0.05, 0) is 0 Å². The Bertz CT molecular complexity index is 103. The Morgan fingerprint density at radius 3 is 2.00 bits per heavy atom. The second-order valence-corrected chi connectivity index (χ2v) is 2.87. The molecule has 0 saturated heterocycles. The minimum Gasteiger partial charge on any atom is -0.206 e. The van der Waals surface area contributed by atoms with E-state index in [9.17, 15) is 8.78 Å². The van der Waals surface area contributed by atoms with Gasteiger partial charge in [-0.2, -0.15) is 0 Å². The van der Waals surface area contributed by atoms with E-state index in [0.29, 0.717) is 5.33 Å². The molecule has 0 nitrogen and oxygen atoms in total. The van der Waals surface area contributed by atoms with Gasteiger partial charge in [-0.25, -0.2) is 8.78 Å². The molecular formula is C5H7BrF2. The lowest BCUT2D eigenvalue weighted by molar-refractivity contribution is 0.0900. The average molecular weight is 185 g/mol. The smallest absolute Gasteiger partial charge is 0.206 e. The third-order valence-electron chi connectivity index (χ3n) is 1.76. The van der Waals surface area contributed by atoms with Crippen LogP contribution in [0.25, 0.3) is 0 Å². The van der Waals surface area contributed by atoms with Crippen molar-refractivity contribution >= 4 is 15.9 Å². The molecule has 0 aromatic carbocycles. The van der Waals surface area contributed by atoms with Crippen LogP contribution in [-0.4, -0.2) is 11.3 Å². The molecule has 0 unspecified atom stereocenters. The van der Waals surface area contributed by atoms with Crippen molar-refractivity contribution in [2.24, 2.45) is 11.8 Å². The van der Waals surface area contributed by atoms with Crippen LogP contribution in [0, 0.1) is 11.8 Å². The van der Waals surface area contributed by atoms with Crippen molar-refractivity contribution in [3.63, 3.8) is 0 Å². The fourth-order valence-corrected chi connectivity index (χ4v) is 1.79. The van der Waals surface area contributed by atoms with Crippen molar-refractivity contribution in [1.29, 1.82) is 0 Å². The van der Waals surface area contributed by atoms with Crippen LogP contribution in [0.15, 0.2) is 0 Å². The molecule has 0 aromatic heterocycles. The summed E-state index contributed by atoms with van der Waals surface area (Å²) in [6.07, 6.45) is 0. The first-order chi connectivity index (χ1) is 3.60. The monoisotopic (exact) mass is 184 g/mol. The molecule has 48 valence electrons. The van der Waals surface area contributed by atoms with E-state index in [2.05, 4.69) is 15.9 Å². The molecule has 0 spiro atoms. The topological polar surface area (TPSA) is 0 Å². The number of hydrogen-bond acceptors (Lipinski definition) is 0. The summed E-state index contributed by atoms with van der Waals surface area (Å²) in [6, 6.07) is 0. The number of hydrogen-bond donors (Lipinski definition) is 0. The Morgan fingerprint density at radius 1 is 1.62 bits per heavy atom. The summed E-state index contributed by atoms with van der Waals surface area (Å²) in [5.41, 5.74) is 0. The van der Waals surface area contributed by atoms with Crippen LogP contribution in [0.1, 0.15) is 6.92 Å². The van der Waals surface area contributed by atoms with Crippen LogP contribution >= 0.6 is 15.9 Å². The summed E-state index contributed by atoms with van der Waals surface area (Å²) in [7, 11) is 0. The van der Waals surface area contributed by atoms with Crippen molar-refractivity contribution in [3.05, 3.63) is 0 Å². The van der Waals surface area contributed by atoms with Crippen LogP contribution in [0.5, 0.6) is 0 Å². The van der Waals surface area contributed by atoms with E-state index < -0.39 is 17.8 Å². The Balaban J connectivity index is 2.45. The van der Waals surface area contributed by atoms with Gasteiger partial charge in [0, 0.05) is 17.2 Å². The van der Waals surface area contributed by atoms with Crippen LogP contribution in [0.4, 0.5) is 8.78 Å². The first-order valence-electron chi connectivity index (χ1n) is 2.54. The predicted molar refractivity (Wildman–Crippen MR) is 31.4 cm³/mol. The minimum absolute atomic E-state index is 0.400. The summed E-state index contributed by atoms with van der Waals surface area (Å²) in [5.74, 6) is -3.17. The molecule has 0 aromatic rings. The average Bonchev–Trinajstić information content (AvgIpc) is 2.09. The summed E-state index contributed by atoms with van der Waals surface area (Å²) < 4.78 is 24.3. The van der Waals surface area contributed by atoms with Gasteiger partial charge in [-0.15, -0.1) is 0 Å². The van der Waals surface area contributed by atoms with Gasteiger partial charge in [0.25, 0.3) is 5.92 Å². The van der Waals surface area contributed by atoms with Gasteiger partial charge in [0.1, 0.15) is 0 Å². The Kier molecular flexibility index (Phi) is 1.34. The van der Waals surface area contributed by atoms with E-state index >= 15 is 0 Å². The van der Waals surface area contributed by atoms with Crippen molar-refractivity contribution < 1.29 is 8.78 Å². The van der Waals surface area contributed by atoms with Crippen molar-refractivity contribution in [2.75, 3.05) is 5.33 Å². The van der Waals surface area contributed by atoms with Gasteiger partial charge in [-0.1, -0.05) is 22.9 Å². The summed E-state index contributed by atoms with van der Waals surface area (Å²) in [4.78, 5) is 0. The third-order valence-corrected chi connectivity index (χ3v) is 2.46. The standard InChI is InChI=1S/C5H7BrF2/c1-3-4(2-6)5(3,7)8/h3-4H,2H2,1H3/t3-,4-/m1/s1. The van der Waals surface area contributed by atoms with Gasteiger partial charge in [0.2, 0.25) is 0 Å². The Hall–Kier alpha value is 0.340. The molecule has 3 heteroatoms. The number of alkyl halides is 3. The highest BCUT2D eigenvalue weighted by atomic mass is 79.9. The van der Waals surface area contributed by atoms with E-state index in [4.69, 9.17) is 0 Å². The molecule has 0 radical (unpaired) electrons. The maximum atomic E-state index is 12.2. The quantitative estimate of drug-likeness (QED) is 0.549. The van der Waals surface area contributed by atoms with Crippen LogP contribution < -0.4 is 0 Å². The molecule has 0 bridgehead atoms. The van der Waals surface area contributed by atoms with E-state index in [1.54, 1.807) is 6.92 Å². The van der Waals surface area contributed by atoms with Crippen LogP contribution in [0.2, 0.25) is 0 Å². The zero-order valence-corrected chi connectivity index (χ0v) is 6.08. The van der Waals surface area contributed by atoms with Gasteiger partial charge in [0.15, 0.2) is 0 Å². The van der Waals surface area contributed by atoms with E-state index in [1.165, 1.54) is 0 Å². The predicted octanol–water partition coefficient (Wildman–Crippen LogP) is 2.28. The fourth-order valence-electron chi connectivity index (χ4n) is 0.797. The van der Waals surface area contributed by atoms with Crippen LogP contribution in [0.3, 0.4) is 0 Å². The maximum Gasteiger partial charge on any atom is 0.255 e. The molecule has 1 saturated carbocycles. The molecule has 0 N–H and O–H groups in total. The highest BCUT2D eigenvalue weighted by Gasteiger charge is 2.64. The molecule has 8 heavy (non-hydrogen) atoms. The van der Waals surface area contributed by atoms with Crippen molar-refractivity contribution in [3.8, 4) is 0 Å². The lowest BCUT2D eigenvalue weighted by Crippen LogP contribution is -1.93. The molecular weight excluding hydrogens is 178 g/mol. The Morgan fingerprint density at radius 2 is 2.00 bits per heavy atom. The van der Waals surface area contributed by atoms with Crippen molar-refractivity contribution in [1.82, 2.24) is 0 Å². The summed E-state index contributed by atoms with van der Waals surface area (Å²) in [5, 5.41) is 0.432. The maximum absolute atomic E-state index is 12.2. The summed E-state index contributed by atoms with van der Waals surface area (Å²) in [6.45, 7) is 1.58. The number of rotatable bonds is 1. The van der Waals surface area contributed by atoms with Gasteiger partial charge in [-0.3, -0.25) is 0 Å². The van der Waals surface area contributed by atoms with Gasteiger partial charge < -0.3 is 0 Å². The zero-order valence-electron chi connectivity index (χ0n) is 4.50. The number of halogens is 3. The Labute approximate surface area is 55.4 Å². The van der Waals surface area contributed by atoms with Crippen LogP contribution in [-0.2, 0) is 0 Å². The lowest BCUT2D eigenvalue weighted by Gasteiger charge is -1.86. The van der Waals surface area contributed by atoms with Gasteiger partial charge in [0.05, 0.1) is 0 Å². The molecule has 0 heterocycles. The second-order valence-electron chi connectivity index (χ2n) is 2.22. The highest BCUT2D eigenvalue weighted by Crippen LogP contribution is 2.55. The molecule has 1 fully saturated rings. The van der Waals surface area contributed by atoms with E-state index in [0.717, 1.165) is 0 Å². The summed E-state index contributed by atoms with van der Waals surface area (Å²) >= 11 is 3.01.